The first-order valence-electron chi connectivity index (χ1n) is 8.00. The van der Waals surface area contributed by atoms with Crippen LogP contribution in [0.25, 0.3) is 0 Å². The van der Waals surface area contributed by atoms with Crippen LogP contribution >= 0.6 is 23.2 Å². The number of hydrogen-bond acceptors (Lipinski definition) is 3. The third kappa shape index (κ3) is 5.30. The van der Waals surface area contributed by atoms with Gasteiger partial charge in [-0.05, 0) is 48.7 Å². The zero-order valence-electron chi connectivity index (χ0n) is 14.2. The summed E-state index contributed by atoms with van der Waals surface area (Å²) in [4.78, 5) is 0. The number of halogens is 2. The van der Waals surface area contributed by atoms with E-state index in [4.69, 9.17) is 32.7 Å². The van der Waals surface area contributed by atoms with Crippen LogP contribution < -0.4 is 14.8 Å². The van der Waals surface area contributed by atoms with Gasteiger partial charge in [0.25, 0.3) is 0 Å². The fourth-order valence-corrected chi connectivity index (χ4v) is 2.73. The van der Waals surface area contributed by atoms with E-state index in [0.29, 0.717) is 34.2 Å². The van der Waals surface area contributed by atoms with Gasteiger partial charge in [-0.15, -0.1) is 0 Å². The quantitative estimate of drug-likeness (QED) is 0.670. The van der Waals surface area contributed by atoms with Crippen molar-refractivity contribution in [3.63, 3.8) is 0 Å². The van der Waals surface area contributed by atoms with Crippen LogP contribution in [-0.4, -0.2) is 13.2 Å². The van der Waals surface area contributed by atoms with E-state index in [9.17, 15) is 0 Å². The van der Waals surface area contributed by atoms with Gasteiger partial charge in [0.15, 0.2) is 11.5 Å². The highest BCUT2D eigenvalue weighted by atomic mass is 35.5. The van der Waals surface area contributed by atoms with E-state index in [2.05, 4.69) is 19.2 Å². The number of hydrogen-bond donors (Lipinski definition) is 1. The molecule has 0 saturated heterocycles. The lowest BCUT2D eigenvalue weighted by Crippen LogP contribution is -2.24. The third-order valence-corrected chi connectivity index (χ3v) is 4.34. The summed E-state index contributed by atoms with van der Waals surface area (Å²) < 4.78 is 11.3. The Hall–Kier alpha value is -1.42. The lowest BCUT2D eigenvalue weighted by molar-refractivity contribution is 0.284. The first-order chi connectivity index (χ1) is 11.5. The Bertz CT molecular complexity index is 676. The monoisotopic (exact) mass is 367 g/mol. The maximum atomic E-state index is 6.40. The molecule has 0 bridgehead atoms. The van der Waals surface area contributed by atoms with Gasteiger partial charge in [-0.2, -0.15) is 0 Å². The molecule has 0 aliphatic carbocycles. The predicted molar refractivity (Wildman–Crippen MR) is 100 cm³/mol. The summed E-state index contributed by atoms with van der Waals surface area (Å²) in [5, 5.41) is 4.66. The molecule has 0 unspecified atom stereocenters. The van der Waals surface area contributed by atoms with Gasteiger partial charge in [0.2, 0.25) is 0 Å². The van der Waals surface area contributed by atoms with Crippen molar-refractivity contribution in [2.45, 2.75) is 39.5 Å². The second-order valence-corrected chi connectivity index (χ2v) is 6.56. The predicted octanol–water partition coefficient (Wildman–Crippen LogP) is 5.47. The molecular weight excluding hydrogens is 345 g/mol. The van der Waals surface area contributed by atoms with Crippen LogP contribution in [0.5, 0.6) is 11.5 Å². The molecule has 0 heterocycles. The van der Waals surface area contributed by atoms with Crippen molar-refractivity contribution in [2.24, 2.45) is 0 Å². The van der Waals surface area contributed by atoms with Crippen molar-refractivity contribution in [3.8, 4) is 11.5 Å². The standard InChI is InChI=1S/C19H23Cl2NO2/c1-4-13(2)22-11-15-9-17(21)19(18(10-15)23-3)24-12-14-6-5-7-16(20)8-14/h5-10,13,22H,4,11-12H2,1-3H3/t13-/m0/s1. The first kappa shape index (κ1) is 18.9. The average Bonchev–Trinajstić information content (AvgIpc) is 2.58. The summed E-state index contributed by atoms with van der Waals surface area (Å²) in [6.45, 7) is 5.42. The summed E-state index contributed by atoms with van der Waals surface area (Å²) in [7, 11) is 1.61. The smallest absolute Gasteiger partial charge is 0.180 e. The van der Waals surface area contributed by atoms with Crippen molar-refractivity contribution in [1.82, 2.24) is 5.32 Å². The van der Waals surface area contributed by atoms with E-state index < -0.39 is 0 Å². The lowest BCUT2D eigenvalue weighted by Gasteiger charge is -2.16. The number of rotatable bonds is 8. The van der Waals surface area contributed by atoms with Crippen LogP contribution in [0.4, 0.5) is 0 Å². The Labute approximate surface area is 153 Å². The number of benzene rings is 2. The van der Waals surface area contributed by atoms with Gasteiger partial charge in [-0.25, -0.2) is 0 Å². The molecule has 0 saturated carbocycles. The molecular formula is C19H23Cl2NO2. The molecule has 0 amide bonds. The van der Waals surface area contributed by atoms with Crippen LogP contribution in [0.1, 0.15) is 31.4 Å². The summed E-state index contributed by atoms with van der Waals surface area (Å²) in [6.07, 6.45) is 1.08. The second-order valence-electron chi connectivity index (χ2n) is 5.72. The summed E-state index contributed by atoms with van der Waals surface area (Å²) in [5.74, 6) is 1.18. The number of ether oxygens (including phenoxy) is 2. The van der Waals surface area contributed by atoms with Gasteiger partial charge in [0.05, 0.1) is 12.1 Å². The van der Waals surface area contributed by atoms with Gasteiger partial charge < -0.3 is 14.8 Å². The molecule has 2 aromatic carbocycles. The van der Waals surface area contributed by atoms with E-state index in [1.165, 1.54) is 0 Å². The van der Waals surface area contributed by atoms with Crippen LogP contribution in [0.2, 0.25) is 10.0 Å². The molecule has 0 aliphatic heterocycles. The SMILES string of the molecule is CC[C@H](C)NCc1cc(Cl)c(OCc2cccc(Cl)c2)c(OC)c1. The summed E-state index contributed by atoms with van der Waals surface area (Å²) in [6, 6.07) is 11.9. The Balaban J connectivity index is 2.11. The van der Waals surface area contributed by atoms with Gasteiger partial charge in [-0.1, -0.05) is 42.3 Å². The molecule has 24 heavy (non-hydrogen) atoms. The van der Waals surface area contributed by atoms with Crippen LogP contribution in [0.15, 0.2) is 36.4 Å². The Kier molecular flexibility index (Phi) is 7.22. The van der Waals surface area contributed by atoms with E-state index in [0.717, 1.165) is 24.1 Å². The van der Waals surface area contributed by atoms with Crippen molar-refractivity contribution < 1.29 is 9.47 Å². The topological polar surface area (TPSA) is 30.5 Å². The van der Waals surface area contributed by atoms with Crippen LogP contribution in [-0.2, 0) is 13.2 Å². The molecule has 1 N–H and O–H groups in total. The molecule has 3 nitrogen and oxygen atoms in total. The van der Waals surface area contributed by atoms with Crippen molar-refractivity contribution in [1.29, 1.82) is 0 Å². The first-order valence-corrected chi connectivity index (χ1v) is 8.76. The van der Waals surface area contributed by atoms with Crippen LogP contribution in [0, 0.1) is 0 Å². The third-order valence-electron chi connectivity index (χ3n) is 3.83. The second kappa shape index (κ2) is 9.16. The molecule has 0 aliphatic rings. The summed E-state index contributed by atoms with van der Waals surface area (Å²) >= 11 is 12.4. The fourth-order valence-electron chi connectivity index (χ4n) is 2.23. The minimum atomic E-state index is 0.376. The van der Waals surface area contributed by atoms with Gasteiger partial charge in [-0.3, -0.25) is 0 Å². The van der Waals surface area contributed by atoms with E-state index >= 15 is 0 Å². The minimum absolute atomic E-state index is 0.376. The molecule has 0 spiro atoms. The Morgan fingerprint density at radius 2 is 1.92 bits per heavy atom. The summed E-state index contributed by atoms with van der Waals surface area (Å²) in [5.41, 5.74) is 2.04. The molecule has 2 rings (SSSR count). The fraction of sp³-hybridized carbons (Fsp3) is 0.368. The van der Waals surface area contributed by atoms with E-state index in [1.807, 2.05) is 36.4 Å². The minimum Gasteiger partial charge on any atom is -0.493 e. The van der Waals surface area contributed by atoms with Gasteiger partial charge >= 0.3 is 0 Å². The molecule has 0 aromatic heterocycles. The lowest BCUT2D eigenvalue weighted by atomic mass is 10.1. The largest absolute Gasteiger partial charge is 0.493 e. The number of methoxy groups -OCH3 is 1. The number of nitrogens with one attached hydrogen (secondary N) is 1. The zero-order chi connectivity index (χ0) is 17.5. The highest BCUT2D eigenvalue weighted by Gasteiger charge is 2.13. The maximum Gasteiger partial charge on any atom is 0.180 e. The van der Waals surface area contributed by atoms with Crippen molar-refractivity contribution in [3.05, 3.63) is 57.6 Å². The molecule has 130 valence electrons. The highest BCUT2D eigenvalue weighted by Crippen LogP contribution is 2.37. The maximum absolute atomic E-state index is 6.40. The average molecular weight is 368 g/mol. The molecule has 0 fully saturated rings. The van der Waals surface area contributed by atoms with Crippen LogP contribution in [0.3, 0.4) is 0 Å². The zero-order valence-corrected chi connectivity index (χ0v) is 15.7. The highest BCUT2D eigenvalue weighted by molar-refractivity contribution is 6.32. The normalized spacial score (nSPS) is 12.0. The van der Waals surface area contributed by atoms with Crippen molar-refractivity contribution >= 4 is 23.2 Å². The molecule has 2 aromatic rings. The molecule has 5 heteroatoms. The van der Waals surface area contributed by atoms with Crippen molar-refractivity contribution in [2.75, 3.05) is 7.11 Å². The van der Waals surface area contributed by atoms with E-state index in [1.54, 1.807) is 7.11 Å². The Morgan fingerprint density at radius 1 is 1.12 bits per heavy atom. The van der Waals surface area contributed by atoms with E-state index in [-0.39, 0.29) is 0 Å². The Morgan fingerprint density at radius 3 is 2.58 bits per heavy atom. The molecule has 0 radical (unpaired) electrons. The van der Waals surface area contributed by atoms with Gasteiger partial charge in [0, 0.05) is 17.6 Å². The molecule has 1 atom stereocenters. The van der Waals surface area contributed by atoms with Gasteiger partial charge in [0.1, 0.15) is 6.61 Å².